The number of aryl methyl sites for hydroxylation is 1. The highest BCUT2D eigenvalue weighted by molar-refractivity contribution is 5.92. The lowest BCUT2D eigenvalue weighted by Crippen LogP contribution is -2.45. The van der Waals surface area contributed by atoms with Crippen molar-refractivity contribution >= 4 is 11.6 Å². The minimum absolute atomic E-state index is 0.00224. The van der Waals surface area contributed by atoms with E-state index in [1.54, 1.807) is 0 Å². The summed E-state index contributed by atoms with van der Waals surface area (Å²) < 4.78 is 0. The molecule has 1 aromatic carbocycles. The van der Waals surface area contributed by atoms with Gasteiger partial charge < -0.3 is 10.6 Å². The largest absolute Gasteiger partial charge is 0.325 e. The molecule has 0 spiro atoms. The number of benzene rings is 1. The highest BCUT2D eigenvalue weighted by Gasteiger charge is 2.25. The van der Waals surface area contributed by atoms with E-state index in [1.165, 1.54) is 0 Å². The number of amides is 1. The van der Waals surface area contributed by atoms with Crippen molar-refractivity contribution in [2.75, 3.05) is 11.9 Å². The van der Waals surface area contributed by atoms with Crippen LogP contribution in [0.3, 0.4) is 0 Å². The Kier molecular flexibility index (Phi) is 5.35. The molecular weight excluding hydrogens is 248 g/mol. The Balaban J connectivity index is 2.47. The molecule has 0 heterocycles. The monoisotopic (exact) mass is 276 g/mol. The van der Waals surface area contributed by atoms with Crippen molar-refractivity contribution in [3.8, 4) is 0 Å². The first kappa shape index (κ1) is 16.7. The molecule has 0 bridgehead atoms. The van der Waals surface area contributed by atoms with Gasteiger partial charge in [-0.2, -0.15) is 0 Å². The van der Waals surface area contributed by atoms with Crippen molar-refractivity contribution in [2.24, 2.45) is 5.41 Å². The molecule has 0 fully saturated rings. The van der Waals surface area contributed by atoms with Gasteiger partial charge in [-0.1, -0.05) is 32.9 Å². The van der Waals surface area contributed by atoms with Gasteiger partial charge in [0.05, 0.1) is 6.54 Å². The highest BCUT2D eigenvalue weighted by atomic mass is 16.1. The van der Waals surface area contributed by atoms with Crippen LogP contribution in [0, 0.1) is 12.3 Å². The predicted molar refractivity (Wildman–Crippen MR) is 86.0 cm³/mol. The van der Waals surface area contributed by atoms with E-state index in [1.807, 2.05) is 31.2 Å². The number of carbonyl (C=O) groups is 1. The Morgan fingerprint density at radius 3 is 2.35 bits per heavy atom. The summed E-state index contributed by atoms with van der Waals surface area (Å²) in [6, 6.07) is 7.84. The molecule has 0 aromatic heterocycles. The van der Waals surface area contributed by atoms with Crippen LogP contribution < -0.4 is 10.6 Å². The summed E-state index contributed by atoms with van der Waals surface area (Å²) in [6.07, 6.45) is 1.01. The fraction of sp³-hybridized carbons (Fsp3) is 0.588. The first-order valence-corrected chi connectivity index (χ1v) is 7.19. The maximum absolute atomic E-state index is 12.0. The van der Waals surface area contributed by atoms with Crippen molar-refractivity contribution in [2.45, 2.75) is 53.5 Å². The number of hydrogen-bond donors (Lipinski definition) is 2. The molecule has 112 valence electrons. The normalized spacial score (nSPS) is 12.3. The summed E-state index contributed by atoms with van der Waals surface area (Å²) >= 11 is 0. The fourth-order valence-corrected chi connectivity index (χ4v) is 2.64. The summed E-state index contributed by atoms with van der Waals surface area (Å²) in [5, 5.41) is 6.25. The summed E-state index contributed by atoms with van der Waals surface area (Å²) in [5.41, 5.74) is 2.18. The Morgan fingerprint density at radius 1 is 1.15 bits per heavy atom. The molecule has 0 aliphatic rings. The molecule has 1 amide bonds. The third-order valence-electron chi connectivity index (χ3n) is 3.00. The van der Waals surface area contributed by atoms with Crippen molar-refractivity contribution in [3.63, 3.8) is 0 Å². The van der Waals surface area contributed by atoms with Gasteiger partial charge in [-0.25, -0.2) is 0 Å². The zero-order valence-corrected chi connectivity index (χ0v) is 13.6. The van der Waals surface area contributed by atoms with Crippen LogP contribution in [0.25, 0.3) is 0 Å². The van der Waals surface area contributed by atoms with E-state index in [-0.39, 0.29) is 16.9 Å². The zero-order chi connectivity index (χ0) is 15.4. The zero-order valence-electron chi connectivity index (χ0n) is 13.6. The lowest BCUT2D eigenvalue weighted by Gasteiger charge is -2.33. The van der Waals surface area contributed by atoms with Gasteiger partial charge >= 0.3 is 0 Å². The molecule has 20 heavy (non-hydrogen) atoms. The second kappa shape index (κ2) is 6.40. The van der Waals surface area contributed by atoms with Gasteiger partial charge in [0, 0.05) is 11.2 Å². The maximum atomic E-state index is 12.0. The van der Waals surface area contributed by atoms with E-state index < -0.39 is 0 Å². The second-order valence-corrected chi connectivity index (χ2v) is 7.39. The Hall–Kier alpha value is -1.35. The van der Waals surface area contributed by atoms with E-state index in [9.17, 15) is 4.79 Å². The lowest BCUT2D eigenvalue weighted by atomic mass is 9.82. The van der Waals surface area contributed by atoms with Gasteiger partial charge in [0.1, 0.15) is 0 Å². The van der Waals surface area contributed by atoms with E-state index >= 15 is 0 Å². The smallest absolute Gasteiger partial charge is 0.238 e. The number of nitrogens with one attached hydrogen (secondary N) is 2. The van der Waals surface area contributed by atoms with Crippen LogP contribution in [0.1, 0.15) is 46.6 Å². The minimum Gasteiger partial charge on any atom is -0.325 e. The summed E-state index contributed by atoms with van der Waals surface area (Å²) in [4.78, 5) is 12.0. The molecule has 0 unspecified atom stereocenters. The van der Waals surface area contributed by atoms with Gasteiger partial charge in [-0.05, 0) is 50.3 Å². The van der Waals surface area contributed by atoms with Crippen LogP contribution in [-0.2, 0) is 4.79 Å². The Labute approximate surface area is 123 Å². The summed E-state index contributed by atoms with van der Waals surface area (Å²) in [6.45, 7) is 13.3. The van der Waals surface area contributed by atoms with Crippen LogP contribution in [-0.4, -0.2) is 18.0 Å². The molecule has 3 heteroatoms. The summed E-state index contributed by atoms with van der Waals surface area (Å²) in [7, 11) is 0. The SMILES string of the molecule is Cc1cccc(NC(=O)CNC(C)(C)CC(C)(C)C)c1. The van der Waals surface area contributed by atoms with Crippen molar-refractivity contribution < 1.29 is 4.79 Å². The van der Waals surface area contributed by atoms with Gasteiger partial charge in [-0.3, -0.25) is 4.79 Å². The van der Waals surface area contributed by atoms with Gasteiger partial charge in [0.25, 0.3) is 0 Å². The van der Waals surface area contributed by atoms with Crippen LogP contribution in [0.2, 0.25) is 0 Å². The van der Waals surface area contributed by atoms with Crippen LogP contribution >= 0.6 is 0 Å². The molecule has 3 nitrogen and oxygen atoms in total. The van der Waals surface area contributed by atoms with Gasteiger partial charge in [-0.15, -0.1) is 0 Å². The summed E-state index contributed by atoms with van der Waals surface area (Å²) in [5.74, 6) is -0.00224. The predicted octanol–water partition coefficient (Wildman–Crippen LogP) is 3.74. The van der Waals surface area contributed by atoms with E-state index in [0.29, 0.717) is 6.54 Å². The topological polar surface area (TPSA) is 41.1 Å². The average molecular weight is 276 g/mol. The minimum atomic E-state index is -0.0534. The third kappa shape index (κ3) is 6.71. The first-order valence-electron chi connectivity index (χ1n) is 7.19. The van der Waals surface area contributed by atoms with E-state index in [0.717, 1.165) is 17.7 Å². The van der Waals surface area contributed by atoms with E-state index in [4.69, 9.17) is 0 Å². The Morgan fingerprint density at radius 2 is 1.80 bits per heavy atom. The molecule has 0 saturated carbocycles. The molecule has 1 aromatic rings. The average Bonchev–Trinajstić information content (AvgIpc) is 2.23. The second-order valence-electron chi connectivity index (χ2n) is 7.39. The molecule has 0 atom stereocenters. The number of anilines is 1. The number of rotatable bonds is 5. The molecule has 0 aliphatic heterocycles. The standard InChI is InChI=1S/C17H28N2O/c1-13-8-7-9-14(10-13)19-15(20)11-18-17(5,6)12-16(2,3)4/h7-10,18H,11-12H2,1-6H3,(H,19,20). The van der Waals surface area contributed by atoms with Gasteiger partial charge in [0.2, 0.25) is 5.91 Å². The van der Waals surface area contributed by atoms with Crippen molar-refractivity contribution in [1.29, 1.82) is 0 Å². The third-order valence-corrected chi connectivity index (χ3v) is 3.00. The molecular formula is C17H28N2O. The molecule has 0 radical (unpaired) electrons. The first-order chi connectivity index (χ1) is 9.07. The van der Waals surface area contributed by atoms with Crippen LogP contribution in [0.15, 0.2) is 24.3 Å². The van der Waals surface area contributed by atoms with E-state index in [2.05, 4.69) is 45.3 Å². The van der Waals surface area contributed by atoms with Crippen molar-refractivity contribution in [1.82, 2.24) is 5.32 Å². The fourth-order valence-electron chi connectivity index (χ4n) is 2.64. The number of hydrogen-bond acceptors (Lipinski definition) is 2. The Bertz CT molecular complexity index is 458. The van der Waals surface area contributed by atoms with Gasteiger partial charge in [0.15, 0.2) is 0 Å². The number of carbonyl (C=O) groups excluding carboxylic acids is 1. The molecule has 2 N–H and O–H groups in total. The molecule has 1 rings (SSSR count). The van der Waals surface area contributed by atoms with Crippen LogP contribution in [0.4, 0.5) is 5.69 Å². The van der Waals surface area contributed by atoms with Crippen molar-refractivity contribution in [3.05, 3.63) is 29.8 Å². The molecule has 0 saturated heterocycles. The van der Waals surface area contributed by atoms with Crippen LogP contribution in [0.5, 0.6) is 0 Å². The maximum Gasteiger partial charge on any atom is 0.238 e. The molecule has 0 aliphatic carbocycles. The highest BCUT2D eigenvalue weighted by Crippen LogP contribution is 2.26. The quantitative estimate of drug-likeness (QED) is 0.860. The lowest BCUT2D eigenvalue weighted by molar-refractivity contribution is -0.115.